The van der Waals surface area contributed by atoms with Gasteiger partial charge in [0.25, 0.3) is 0 Å². The van der Waals surface area contributed by atoms with Crippen LogP contribution in [0.15, 0.2) is 29.4 Å². The van der Waals surface area contributed by atoms with Gasteiger partial charge in [-0.2, -0.15) is 0 Å². The Labute approximate surface area is 151 Å². The molecule has 0 aliphatic heterocycles. The molecular formula is C17H23N5O2S. The molecular weight excluding hydrogens is 338 g/mol. The molecule has 0 fully saturated rings. The van der Waals surface area contributed by atoms with Gasteiger partial charge in [-0.3, -0.25) is 9.59 Å². The van der Waals surface area contributed by atoms with Gasteiger partial charge in [0.15, 0.2) is 11.0 Å². The van der Waals surface area contributed by atoms with Crippen LogP contribution in [-0.2, 0) is 16.1 Å². The largest absolute Gasteiger partial charge is 0.355 e. The molecule has 0 bridgehead atoms. The van der Waals surface area contributed by atoms with Gasteiger partial charge in [-0.1, -0.05) is 36.0 Å². The Morgan fingerprint density at radius 3 is 2.56 bits per heavy atom. The van der Waals surface area contributed by atoms with E-state index in [9.17, 15) is 9.59 Å². The average molecular weight is 361 g/mol. The molecule has 0 saturated heterocycles. The van der Waals surface area contributed by atoms with Crippen LogP contribution < -0.4 is 10.6 Å². The van der Waals surface area contributed by atoms with Crippen molar-refractivity contribution in [2.45, 2.75) is 32.5 Å². The van der Waals surface area contributed by atoms with Crippen molar-refractivity contribution in [3.05, 3.63) is 29.8 Å². The zero-order valence-corrected chi connectivity index (χ0v) is 15.5. The molecule has 2 amide bonds. The zero-order valence-electron chi connectivity index (χ0n) is 14.7. The summed E-state index contributed by atoms with van der Waals surface area (Å²) < 4.78 is 1.99. The second-order valence-electron chi connectivity index (χ2n) is 5.38. The van der Waals surface area contributed by atoms with E-state index in [2.05, 4.69) is 20.8 Å². The summed E-state index contributed by atoms with van der Waals surface area (Å²) in [4.78, 5) is 23.2. The van der Waals surface area contributed by atoms with E-state index in [0.29, 0.717) is 18.2 Å². The van der Waals surface area contributed by atoms with E-state index in [-0.39, 0.29) is 24.1 Å². The maximum atomic E-state index is 11.9. The normalized spacial score (nSPS) is 10.5. The fraction of sp³-hybridized carbons (Fsp3) is 0.412. The highest BCUT2D eigenvalue weighted by molar-refractivity contribution is 7.99. The highest BCUT2D eigenvalue weighted by Gasteiger charge is 2.15. The first kappa shape index (κ1) is 19.0. The first-order chi connectivity index (χ1) is 12.1. The molecule has 0 atom stereocenters. The molecule has 134 valence electrons. The quantitative estimate of drug-likeness (QED) is 0.698. The monoisotopic (exact) mass is 361 g/mol. The number of rotatable bonds is 8. The van der Waals surface area contributed by atoms with E-state index >= 15 is 0 Å². The van der Waals surface area contributed by atoms with Crippen LogP contribution in [0.1, 0.15) is 19.4 Å². The molecule has 7 nitrogen and oxygen atoms in total. The Morgan fingerprint density at radius 1 is 1.12 bits per heavy atom. The summed E-state index contributed by atoms with van der Waals surface area (Å²) in [5, 5.41) is 14.4. The third kappa shape index (κ3) is 5.06. The summed E-state index contributed by atoms with van der Waals surface area (Å²) in [6.07, 6.45) is 0. The number of nitrogens with one attached hydrogen (secondary N) is 2. The third-order valence-corrected chi connectivity index (χ3v) is 4.54. The highest BCUT2D eigenvalue weighted by Crippen LogP contribution is 2.25. The molecule has 0 aliphatic rings. The van der Waals surface area contributed by atoms with E-state index in [1.165, 1.54) is 11.8 Å². The van der Waals surface area contributed by atoms with Crippen molar-refractivity contribution in [2.75, 3.05) is 18.8 Å². The maximum Gasteiger partial charge on any atom is 0.239 e. The minimum Gasteiger partial charge on any atom is -0.355 e. The Bertz CT molecular complexity index is 744. The van der Waals surface area contributed by atoms with Gasteiger partial charge in [0.05, 0.1) is 12.3 Å². The van der Waals surface area contributed by atoms with Crippen molar-refractivity contribution in [3.63, 3.8) is 0 Å². The second kappa shape index (κ2) is 9.22. The topological polar surface area (TPSA) is 88.9 Å². The number of nitrogens with zero attached hydrogens (tertiary/aromatic N) is 3. The van der Waals surface area contributed by atoms with Crippen LogP contribution in [0.25, 0.3) is 11.4 Å². The van der Waals surface area contributed by atoms with Gasteiger partial charge in [0, 0.05) is 18.7 Å². The van der Waals surface area contributed by atoms with Gasteiger partial charge >= 0.3 is 0 Å². The van der Waals surface area contributed by atoms with Crippen LogP contribution >= 0.6 is 11.8 Å². The molecule has 8 heteroatoms. The lowest BCUT2D eigenvalue weighted by Gasteiger charge is -2.09. The minimum atomic E-state index is -0.209. The standard InChI is InChI=1S/C17H23N5O2S/c1-4-18-14(23)10-19-15(24)11-25-17-21-20-16(22(17)5-2)13-9-7-6-8-12(13)3/h6-9H,4-5,10-11H2,1-3H3,(H,18,23)(H,19,24). The van der Waals surface area contributed by atoms with Crippen LogP contribution in [0.4, 0.5) is 0 Å². The number of aryl methyl sites for hydroxylation is 1. The van der Waals surface area contributed by atoms with Crippen molar-refractivity contribution in [2.24, 2.45) is 0 Å². The highest BCUT2D eigenvalue weighted by atomic mass is 32.2. The lowest BCUT2D eigenvalue weighted by atomic mass is 10.1. The third-order valence-electron chi connectivity index (χ3n) is 3.57. The SMILES string of the molecule is CCNC(=O)CNC(=O)CSc1nnc(-c2ccccc2C)n1CC. The first-order valence-corrected chi connectivity index (χ1v) is 9.20. The predicted octanol–water partition coefficient (Wildman–Crippen LogP) is 1.62. The van der Waals surface area contributed by atoms with E-state index in [4.69, 9.17) is 0 Å². The van der Waals surface area contributed by atoms with Crippen molar-refractivity contribution >= 4 is 23.6 Å². The molecule has 0 saturated carbocycles. The van der Waals surface area contributed by atoms with Crippen LogP contribution in [0.2, 0.25) is 0 Å². The number of likely N-dealkylation sites (N-methyl/N-ethyl adjacent to an activating group) is 1. The lowest BCUT2D eigenvalue weighted by molar-refractivity contribution is -0.124. The van der Waals surface area contributed by atoms with Crippen LogP contribution in [0.5, 0.6) is 0 Å². The number of thioether (sulfide) groups is 1. The second-order valence-corrected chi connectivity index (χ2v) is 6.33. The molecule has 2 rings (SSSR count). The average Bonchev–Trinajstić information content (AvgIpc) is 3.01. The van der Waals surface area contributed by atoms with E-state index < -0.39 is 0 Å². The van der Waals surface area contributed by atoms with Gasteiger partial charge in [-0.05, 0) is 26.3 Å². The molecule has 2 N–H and O–H groups in total. The Kier molecular flexibility index (Phi) is 7.00. The van der Waals surface area contributed by atoms with E-state index in [0.717, 1.165) is 17.0 Å². The van der Waals surface area contributed by atoms with E-state index in [1.807, 2.05) is 49.6 Å². The fourth-order valence-corrected chi connectivity index (χ4v) is 3.16. The maximum absolute atomic E-state index is 11.9. The Hall–Kier alpha value is -2.35. The van der Waals surface area contributed by atoms with Gasteiger partial charge in [-0.15, -0.1) is 10.2 Å². The summed E-state index contributed by atoms with van der Waals surface area (Å²) >= 11 is 1.31. The summed E-state index contributed by atoms with van der Waals surface area (Å²) in [5.74, 6) is 0.579. The van der Waals surface area contributed by atoms with Crippen LogP contribution in [-0.4, -0.2) is 45.4 Å². The van der Waals surface area contributed by atoms with Crippen LogP contribution in [0, 0.1) is 6.92 Å². The summed E-state index contributed by atoms with van der Waals surface area (Å²) in [6, 6.07) is 8.00. The number of aromatic nitrogens is 3. The van der Waals surface area contributed by atoms with Crippen molar-refractivity contribution in [3.8, 4) is 11.4 Å². The lowest BCUT2D eigenvalue weighted by Crippen LogP contribution is -2.37. The number of amides is 2. The molecule has 1 aromatic carbocycles. The smallest absolute Gasteiger partial charge is 0.239 e. The van der Waals surface area contributed by atoms with Crippen LogP contribution in [0.3, 0.4) is 0 Å². The van der Waals surface area contributed by atoms with Crippen molar-refractivity contribution in [1.29, 1.82) is 0 Å². The molecule has 25 heavy (non-hydrogen) atoms. The molecule has 1 aromatic heterocycles. The number of carbonyl (C=O) groups is 2. The number of hydrogen-bond acceptors (Lipinski definition) is 5. The Balaban J connectivity index is 2.00. The molecule has 0 unspecified atom stereocenters. The summed E-state index contributed by atoms with van der Waals surface area (Å²) in [7, 11) is 0. The van der Waals surface area contributed by atoms with Gasteiger partial charge in [-0.25, -0.2) is 0 Å². The summed E-state index contributed by atoms with van der Waals surface area (Å²) in [5.41, 5.74) is 2.16. The number of carbonyl (C=O) groups excluding carboxylic acids is 2. The minimum absolute atomic E-state index is 0.0117. The molecule has 0 radical (unpaired) electrons. The molecule has 0 spiro atoms. The molecule has 0 aliphatic carbocycles. The molecule has 2 aromatic rings. The van der Waals surface area contributed by atoms with Gasteiger partial charge in [0.2, 0.25) is 11.8 Å². The number of benzene rings is 1. The van der Waals surface area contributed by atoms with Gasteiger partial charge in [0.1, 0.15) is 0 Å². The van der Waals surface area contributed by atoms with Crippen molar-refractivity contribution < 1.29 is 9.59 Å². The first-order valence-electron chi connectivity index (χ1n) is 8.22. The van der Waals surface area contributed by atoms with Gasteiger partial charge < -0.3 is 15.2 Å². The zero-order chi connectivity index (χ0) is 18.2. The van der Waals surface area contributed by atoms with Crippen molar-refractivity contribution in [1.82, 2.24) is 25.4 Å². The summed E-state index contributed by atoms with van der Waals surface area (Å²) in [6.45, 7) is 7.13. The Morgan fingerprint density at radius 2 is 1.88 bits per heavy atom. The fourth-order valence-electron chi connectivity index (χ4n) is 2.32. The molecule has 1 heterocycles. The van der Waals surface area contributed by atoms with E-state index in [1.54, 1.807) is 0 Å². The number of hydrogen-bond donors (Lipinski definition) is 2. The predicted molar refractivity (Wildman–Crippen MR) is 98.3 cm³/mol.